The zero-order chi connectivity index (χ0) is 13.0. The lowest BCUT2D eigenvalue weighted by molar-refractivity contribution is -0.139. The Morgan fingerprint density at radius 2 is 2.24 bits per heavy atom. The Labute approximate surface area is 110 Å². The number of pyridine rings is 1. The first-order valence-electron chi connectivity index (χ1n) is 4.58. The molecule has 0 bridgehead atoms. The predicted molar refractivity (Wildman–Crippen MR) is 62.6 cm³/mol. The van der Waals surface area contributed by atoms with E-state index < -0.39 is 18.1 Å². The summed E-state index contributed by atoms with van der Waals surface area (Å²) in [7, 11) is 1.19. The Balaban J connectivity index is 3.28. The van der Waals surface area contributed by atoms with Crippen LogP contribution in [0.3, 0.4) is 0 Å². The first kappa shape index (κ1) is 14.3. The number of ether oxygens (including phenoxy) is 1. The largest absolute Gasteiger partial charge is 0.469 e. The van der Waals surface area contributed by atoms with Gasteiger partial charge in [0, 0.05) is 11.5 Å². The Morgan fingerprint density at radius 3 is 2.71 bits per heavy atom. The van der Waals surface area contributed by atoms with Crippen LogP contribution < -0.4 is 0 Å². The van der Waals surface area contributed by atoms with Gasteiger partial charge in [0.2, 0.25) is 0 Å². The lowest BCUT2D eigenvalue weighted by Crippen LogP contribution is -2.11. The minimum absolute atomic E-state index is 0.122. The van der Waals surface area contributed by atoms with Crippen molar-refractivity contribution >= 4 is 33.5 Å². The summed E-state index contributed by atoms with van der Waals surface area (Å²) in [6.45, 7) is 0. The van der Waals surface area contributed by atoms with Crippen molar-refractivity contribution in [2.45, 2.75) is 18.2 Å². The van der Waals surface area contributed by atoms with Crippen LogP contribution in [0.1, 0.15) is 23.2 Å². The summed E-state index contributed by atoms with van der Waals surface area (Å²) in [6, 6.07) is 0. The predicted octanol–water partition coefficient (Wildman–Crippen LogP) is 3.28. The Kier molecular flexibility index (Phi) is 5.27. The van der Waals surface area contributed by atoms with E-state index in [4.69, 9.17) is 11.6 Å². The van der Waals surface area contributed by atoms with Crippen molar-refractivity contribution in [1.29, 1.82) is 0 Å². The number of rotatable bonds is 4. The maximum absolute atomic E-state index is 12.8. The quantitative estimate of drug-likeness (QED) is 0.629. The molecular weight excluding hydrogens is 319 g/mol. The van der Waals surface area contributed by atoms with E-state index >= 15 is 0 Å². The van der Waals surface area contributed by atoms with Gasteiger partial charge in [0.25, 0.3) is 6.43 Å². The lowest BCUT2D eigenvalue weighted by atomic mass is 10.0. The Morgan fingerprint density at radius 1 is 1.59 bits per heavy atom. The average Bonchev–Trinajstić information content (AvgIpc) is 2.28. The van der Waals surface area contributed by atoms with Crippen molar-refractivity contribution in [2.24, 2.45) is 0 Å². The van der Waals surface area contributed by atoms with Gasteiger partial charge in [-0.2, -0.15) is 0 Å². The molecule has 3 nitrogen and oxygen atoms in total. The van der Waals surface area contributed by atoms with E-state index in [1.807, 2.05) is 0 Å². The highest BCUT2D eigenvalue weighted by atomic mass is 79.9. The van der Waals surface area contributed by atoms with Gasteiger partial charge in [0.15, 0.2) is 0 Å². The molecule has 0 aliphatic carbocycles. The van der Waals surface area contributed by atoms with Gasteiger partial charge < -0.3 is 4.74 Å². The molecule has 17 heavy (non-hydrogen) atoms. The second kappa shape index (κ2) is 6.26. The van der Waals surface area contributed by atoms with Gasteiger partial charge in [0.1, 0.15) is 5.69 Å². The summed E-state index contributed by atoms with van der Waals surface area (Å²) in [5.74, 6) is -0.613. The third-order valence-electron chi connectivity index (χ3n) is 2.17. The van der Waals surface area contributed by atoms with E-state index in [1.54, 1.807) is 0 Å². The van der Waals surface area contributed by atoms with Gasteiger partial charge in [-0.15, -0.1) is 0 Å². The maximum Gasteiger partial charge on any atom is 0.310 e. The first-order chi connectivity index (χ1) is 8.01. The number of hydrogen-bond donors (Lipinski definition) is 0. The van der Waals surface area contributed by atoms with Crippen LogP contribution in [0.4, 0.5) is 8.78 Å². The molecule has 1 aromatic rings. The molecule has 0 amide bonds. The Hall–Kier alpha value is -0.750. The molecule has 1 heterocycles. The molecule has 0 radical (unpaired) electrons. The van der Waals surface area contributed by atoms with Gasteiger partial charge in [-0.05, 0) is 11.1 Å². The number of nitrogens with zero attached hydrogens (tertiary/aromatic N) is 1. The molecular formula is C10H9BrClF2NO2. The smallest absolute Gasteiger partial charge is 0.310 e. The van der Waals surface area contributed by atoms with Crippen LogP contribution in [0.25, 0.3) is 0 Å². The zero-order valence-electron chi connectivity index (χ0n) is 8.84. The third kappa shape index (κ3) is 3.35. The van der Waals surface area contributed by atoms with Crippen molar-refractivity contribution < 1.29 is 18.3 Å². The van der Waals surface area contributed by atoms with Gasteiger partial charge in [-0.3, -0.25) is 9.78 Å². The van der Waals surface area contributed by atoms with Crippen LogP contribution in [0.15, 0.2) is 6.20 Å². The molecule has 0 atom stereocenters. The highest BCUT2D eigenvalue weighted by Crippen LogP contribution is 2.30. The molecule has 0 aromatic carbocycles. The number of alkyl halides is 3. The number of methoxy groups -OCH3 is 1. The molecule has 7 heteroatoms. The molecule has 0 saturated heterocycles. The normalized spacial score (nSPS) is 10.7. The topological polar surface area (TPSA) is 39.2 Å². The maximum atomic E-state index is 12.8. The van der Waals surface area contributed by atoms with Gasteiger partial charge in [-0.1, -0.05) is 27.5 Å². The number of halogens is 4. The molecule has 0 saturated carbocycles. The minimum atomic E-state index is -2.76. The van der Waals surface area contributed by atoms with Gasteiger partial charge >= 0.3 is 5.97 Å². The van der Waals surface area contributed by atoms with Crippen molar-refractivity contribution in [3.63, 3.8) is 0 Å². The Bertz CT molecular complexity index is 429. The van der Waals surface area contributed by atoms with E-state index in [9.17, 15) is 13.6 Å². The molecule has 0 aliphatic rings. The number of hydrogen-bond acceptors (Lipinski definition) is 3. The second-order valence-electron chi connectivity index (χ2n) is 3.14. The van der Waals surface area contributed by atoms with Crippen LogP contribution in [0.5, 0.6) is 0 Å². The van der Waals surface area contributed by atoms with Crippen LogP contribution in [0, 0.1) is 0 Å². The SMILES string of the molecule is COC(=O)Cc1c(C(F)F)ncc(Cl)c1CBr. The van der Waals surface area contributed by atoms with Gasteiger partial charge in [0.05, 0.1) is 18.6 Å². The minimum Gasteiger partial charge on any atom is -0.469 e. The highest BCUT2D eigenvalue weighted by Gasteiger charge is 2.22. The van der Waals surface area contributed by atoms with Crippen molar-refractivity contribution in [3.8, 4) is 0 Å². The average molecular weight is 329 g/mol. The molecule has 0 N–H and O–H groups in total. The van der Waals surface area contributed by atoms with Crippen LogP contribution in [0.2, 0.25) is 5.02 Å². The van der Waals surface area contributed by atoms with E-state index in [-0.39, 0.29) is 22.3 Å². The molecule has 94 valence electrons. The monoisotopic (exact) mass is 327 g/mol. The van der Waals surface area contributed by atoms with Crippen LogP contribution >= 0.6 is 27.5 Å². The molecule has 0 aliphatic heterocycles. The van der Waals surface area contributed by atoms with E-state index in [0.29, 0.717) is 5.56 Å². The van der Waals surface area contributed by atoms with Crippen LogP contribution in [-0.4, -0.2) is 18.1 Å². The summed E-state index contributed by atoms with van der Waals surface area (Å²) in [5.41, 5.74) is 0.118. The number of carbonyl (C=O) groups excluding carboxylic acids is 1. The fraction of sp³-hybridized carbons (Fsp3) is 0.400. The summed E-state index contributed by atoms with van der Waals surface area (Å²) in [5, 5.41) is 0.505. The fourth-order valence-corrected chi connectivity index (χ4v) is 2.36. The molecule has 0 spiro atoms. The van der Waals surface area contributed by atoms with Crippen LogP contribution in [-0.2, 0) is 21.3 Å². The molecule has 0 unspecified atom stereocenters. The van der Waals surface area contributed by atoms with Crippen molar-refractivity contribution in [3.05, 3.63) is 28.0 Å². The molecule has 1 aromatic heterocycles. The van der Waals surface area contributed by atoms with Gasteiger partial charge in [-0.25, -0.2) is 8.78 Å². The fourth-order valence-electron chi connectivity index (χ4n) is 1.33. The summed E-state index contributed by atoms with van der Waals surface area (Å²) in [6.07, 6.45) is -1.88. The lowest BCUT2D eigenvalue weighted by Gasteiger charge is -2.12. The third-order valence-corrected chi connectivity index (χ3v) is 3.05. The summed E-state index contributed by atoms with van der Waals surface area (Å²) in [4.78, 5) is 14.7. The molecule has 1 rings (SSSR count). The standard InChI is InChI=1S/C10H9BrClF2NO2/c1-17-8(16)2-5-6(3-11)7(12)4-15-9(5)10(13)14/h4,10H,2-3H2,1H3. The van der Waals surface area contributed by atoms with E-state index in [1.165, 1.54) is 7.11 Å². The highest BCUT2D eigenvalue weighted by molar-refractivity contribution is 9.08. The number of esters is 1. The molecule has 0 fully saturated rings. The summed E-state index contributed by atoms with van der Waals surface area (Å²) >= 11 is 8.99. The van der Waals surface area contributed by atoms with Crippen molar-refractivity contribution in [2.75, 3.05) is 7.11 Å². The second-order valence-corrected chi connectivity index (χ2v) is 4.10. The first-order valence-corrected chi connectivity index (χ1v) is 6.08. The van der Waals surface area contributed by atoms with Crippen molar-refractivity contribution in [1.82, 2.24) is 4.98 Å². The zero-order valence-corrected chi connectivity index (χ0v) is 11.2. The summed E-state index contributed by atoms with van der Waals surface area (Å²) < 4.78 is 30.0. The number of aromatic nitrogens is 1. The number of carbonyl (C=O) groups is 1. The van der Waals surface area contributed by atoms with E-state index in [2.05, 4.69) is 25.7 Å². The van der Waals surface area contributed by atoms with E-state index in [0.717, 1.165) is 6.20 Å².